The first kappa shape index (κ1) is 13.2. The van der Waals surface area contributed by atoms with Crippen LogP contribution in [0.2, 0.25) is 0 Å². The molecule has 1 aliphatic heterocycles. The average molecular weight is 296 g/mol. The van der Waals surface area contributed by atoms with Crippen LogP contribution in [0.5, 0.6) is 5.75 Å². The summed E-state index contributed by atoms with van der Waals surface area (Å²) < 4.78 is 12.7. The van der Waals surface area contributed by atoms with Gasteiger partial charge in [0.05, 0.1) is 5.69 Å². The molecular weight excluding hydrogens is 280 g/mol. The predicted molar refractivity (Wildman–Crippen MR) is 80.7 cm³/mol. The van der Waals surface area contributed by atoms with E-state index in [1.54, 1.807) is 17.8 Å². The van der Waals surface area contributed by atoms with Crippen LogP contribution in [0.3, 0.4) is 0 Å². The number of hydrogen-bond donors (Lipinski definition) is 0. The lowest BCUT2D eigenvalue weighted by Gasteiger charge is -2.06. The third-order valence-corrected chi connectivity index (χ3v) is 3.76. The van der Waals surface area contributed by atoms with Crippen molar-refractivity contribution in [3.05, 3.63) is 41.9 Å². The average Bonchev–Trinajstić information content (AvgIpc) is 3.07. The van der Waals surface area contributed by atoms with Gasteiger partial charge in [-0.05, 0) is 24.6 Å². The van der Waals surface area contributed by atoms with Gasteiger partial charge < -0.3 is 9.47 Å². The molecule has 0 bridgehead atoms. The lowest BCUT2D eigenvalue weighted by molar-refractivity contribution is 0.178. The molecule has 0 radical (unpaired) electrons. The summed E-state index contributed by atoms with van der Waals surface area (Å²) >= 11 is 0. The molecule has 1 aliphatic rings. The van der Waals surface area contributed by atoms with Crippen LogP contribution < -0.4 is 4.74 Å². The molecule has 6 heteroatoms. The highest BCUT2D eigenvalue weighted by Crippen LogP contribution is 2.33. The quantitative estimate of drug-likeness (QED) is 0.742. The van der Waals surface area contributed by atoms with Crippen molar-refractivity contribution in [1.82, 2.24) is 19.6 Å². The first-order chi connectivity index (χ1) is 10.7. The van der Waals surface area contributed by atoms with Crippen LogP contribution >= 0.6 is 0 Å². The van der Waals surface area contributed by atoms with Gasteiger partial charge in [0.15, 0.2) is 5.82 Å². The van der Waals surface area contributed by atoms with Gasteiger partial charge in [0.2, 0.25) is 0 Å². The Bertz CT molecular complexity index is 843. The molecule has 22 heavy (non-hydrogen) atoms. The van der Waals surface area contributed by atoms with Crippen LogP contribution in [0.4, 0.5) is 0 Å². The molecule has 4 rings (SSSR count). The van der Waals surface area contributed by atoms with E-state index < -0.39 is 0 Å². The summed E-state index contributed by atoms with van der Waals surface area (Å²) in [7, 11) is 1.62. The van der Waals surface area contributed by atoms with E-state index in [1.165, 1.54) is 5.56 Å². The van der Waals surface area contributed by atoms with E-state index in [-0.39, 0.29) is 6.10 Å². The van der Waals surface area contributed by atoms with Gasteiger partial charge in [0.1, 0.15) is 18.5 Å². The molecule has 0 aliphatic carbocycles. The first-order valence-corrected chi connectivity index (χ1v) is 7.24. The summed E-state index contributed by atoms with van der Waals surface area (Å²) in [6, 6.07) is 8.20. The zero-order chi connectivity index (χ0) is 15.1. The van der Waals surface area contributed by atoms with E-state index in [9.17, 15) is 0 Å². The molecule has 0 fully saturated rings. The molecule has 3 heterocycles. The second kappa shape index (κ2) is 5.06. The predicted octanol–water partition coefficient (Wildman–Crippen LogP) is 2.26. The van der Waals surface area contributed by atoms with Crippen molar-refractivity contribution in [2.75, 3.05) is 7.11 Å². The minimum atomic E-state index is 0.238. The normalized spacial score (nSPS) is 16.7. The zero-order valence-corrected chi connectivity index (χ0v) is 12.5. The Morgan fingerprint density at radius 1 is 1.36 bits per heavy atom. The molecule has 0 saturated heterocycles. The molecule has 0 amide bonds. The second-order valence-electron chi connectivity index (χ2n) is 5.46. The molecule has 3 aromatic rings. The van der Waals surface area contributed by atoms with Crippen LogP contribution in [-0.4, -0.2) is 32.8 Å². The van der Waals surface area contributed by atoms with E-state index >= 15 is 0 Å². The molecule has 0 N–H and O–H groups in total. The van der Waals surface area contributed by atoms with Crippen molar-refractivity contribution in [2.45, 2.75) is 26.1 Å². The van der Waals surface area contributed by atoms with Gasteiger partial charge in [-0.1, -0.05) is 12.1 Å². The van der Waals surface area contributed by atoms with Gasteiger partial charge in [-0.15, -0.1) is 5.10 Å². The summed E-state index contributed by atoms with van der Waals surface area (Å²) in [5, 5.41) is 4.46. The largest absolute Gasteiger partial charge is 0.490 e. The first-order valence-electron chi connectivity index (χ1n) is 7.24. The van der Waals surface area contributed by atoms with Crippen molar-refractivity contribution >= 4 is 5.78 Å². The van der Waals surface area contributed by atoms with E-state index in [1.807, 2.05) is 6.07 Å². The number of hydrogen-bond acceptors (Lipinski definition) is 5. The van der Waals surface area contributed by atoms with Gasteiger partial charge in [0, 0.05) is 25.3 Å². The van der Waals surface area contributed by atoms with Gasteiger partial charge >= 0.3 is 0 Å². The van der Waals surface area contributed by atoms with Gasteiger partial charge in [-0.25, -0.2) is 4.98 Å². The van der Waals surface area contributed by atoms with Gasteiger partial charge in [0.25, 0.3) is 5.78 Å². The highest BCUT2D eigenvalue weighted by atomic mass is 16.5. The number of ether oxygens (including phenoxy) is 2. The molecule has 1 aromatic carbocycles. The maximum atomic E-state index is 5.84. The number of fused-ring (bicyclic) bond motifs is 2. The molecule has 0 unspecified atom stereocenters. The molecule has 2 aromatic heterocycles. The van der Waals surface area contributed by atoms with E-state index in [4.69, 9.17) is 9.47 Å². The fourth-order valence-electron chi connectivity index (χ4n) is 2.80. The summed E-state index contributed by atoms with van der Waals surface area (Å²) in [5.41, 5.74) is 3.22. The highest BCUT2D eigenvalue weighted by Gasteiger charge is 2.20. The summed E-state index contributed by atoms with van der Waals surface area (Å²) in [4.78, 5) is 8.62. The van der Waals surface area contributed by atoms with Crippen LogP contribution in [0.25, 0.3) is 17.0 Å². The maximum absolute atomic E-state index is 5.84. The van der Waals surface area contributed by atoms with Crippen molar-refractivity contribution in [3.63, 3.8) is 0 Å². The lowest BCUT2D eigenvalue weighted by Crippen LogP contribution is -2.05. The SMILES string of the molecule is COCc1nc2nccc(-c3ccc4c(c3)O[C@@H](C)C4)n2n1. The third-order valence-electron chi connectivity index (χ3n) is 3.76. The number of rotatable bonds is 3. The lowest BCUT2D eigenvalue weighted by atomic mass is 10.1. The maximum Gasteiger partial charge on any atom is 0.253 e. The fourth-order valence-corrected chi connectivity index (χ4v) is 2.80. The summed E-state index contributed by atoms with van der Waals surface area (Å²) in [6.07, 6.45) is 2.94. The smallest absolute Gasteiger partial charge is 0.253 e. The van der Waals surface area contributed by atoms with Crippen LogP contribution in [0.1, 0.15) is 18.3 Å². The second-order valence-corrected chi connectivity index (χ2v) is 5.46. The molecule has 112 valence electrons. The van der Waals surface area contributed by atoms with E-state index in [2.05, 4.69) is 40.2 Å². The van der Waals surface area contributed by atoms with Crippen LogP contribution in [0.15, 0.2) is 30.5 Å². The number of nitrogens with zero attached hydrogens (tertiary/aromatic N) is 4. The topological polar surface area (TPSA) is 61.5 Å². The zero-order valence-electron chi connectivity index (χ0n) is 12.5. The van der Waals surface area contributed by atoms with Crippen molar-refractivity contribution < 1.29 is 9.47 Å². The number of methoxy groups -OCH3 is 1. The Labute approximate surface area is 127 Å². The molecule has 0 saturated carbocycles. The fraction of sp³-hybridized carbons (Fsp3) is 0.312. The Kier molecular flexibility index (Phi) is 3.04. The monoisotopic (exact) mass is 296 g/mol. The highest BCUT2D eigenvalue weighted by molar-refractivity contribution is 5.64. The molecular formula is C16H16N4O2. The summed E-state index contributed by atoms with van der Waals surface area (Å²) in [6.45, 7) is 2.45. The standard InChI is InChI=1S/C16H16N4O2/c1-10-7-12-4-3-11(8-14(12)22-10)13-5-6-17-16-18-15(9-21-2)19-20(13)16/h3-6,8,10H,7,9H2,1-2H3/t10-/m0/s1. The van der Waals surface area contributed by atoms with Crippen molar-refractivity contribution in [1.29, 1.82) is 0 Å². The molecule has 1 atom stereocenters. The molecule has 0 spiro atoms. The van der Waals surface area contributed by atoms with Crippen LogP contribution in [-0.2, 0) is 17.8 Å². The van der Waals surface area contributed by atoms with Crippen molar-refractivity contribution in [2.24, 2.45) is 0 Å². The van der Waals surface area contributed by atoms with E-state index in [0.717, 1.165) is 23.4 Å². The Hall–Kier alpha value is -2.47. The minimum Gasteiger partial charge on any atom is -0.490 e. The third kappa shape index (κ3) is 2.12. The van der Waals surface area contributed by atoms with Gasteiger partial charge in [-0.2, -0.15) is 9.50 Å². The minimum absolute atomic E-state index is 0.238. The van der Waals surface area contributed by atoms with E-state index in [0.29, 0.717) is 18.2 Å². The molecule has 6 nitrogen and oxygen atoms in total. The Morgan fingerprint density at radius 3 is 3.14 bits per heavy atom. The number of aromatic nitrogens is 4. The Morgan fingerprint density at radius 2 is 2.27 bits per heavy atom. The Balaban J connectivity index is 1.82. The van der Waals surface area contributed by atoms with Crippen molar-refractivity contribution in [3.8, 4) is 17.0 Å². The summed E-state index contributed by atoms with van der Waals surface area (Å²) in [5.74, 6) is 2.14. The number of benzene rings is 1. The van der Waals surface area contributed by atoms with Crippen LogP contribution in [0, 0.1) is 0 Å². The van der Waals surface area contributed by atoms with Gasteiger partial charge in [-0.3, -0.25) is 0 Å².